The van der Waals surface area contributed by atoms with Crippen LogP contribution in [0.25, 0.3) is 16.9 Å². The van der Waals surface area contributed by atoms with Crippen LogP contribution >= 0.6 is 0 Å². The van der Waals surface area contributed by atoms with Crippen molar-refractivity contribution in [2.45, 2.75) is 20.3 Å². The number of anilines is 1. The Morgan fingerprint density at radius 3 is 2.63 bits per heavy atom. The fourth-order valence-corrected chi connectivity index (χ4v) is 3.16. The fraction of sp³-hybridized carbons (Fsp3) is 0.136. The summed E-state index contributed by atoms with van der Waals surface area (Å²) in [4.78, 5) is 15.6. The van der Waals surface area contributed by atoms with E-state index in [2.05, 4.69) is 41.5 Å². The van der Waals surface area contributed by atoms with Crippen LogP contribution in [0.15, 0.2) is 66.9 Å². The van der Waals surface area contributed by atoms with Gasteiger partial charge in [0.2, 0.25) is 5.91 Å². The maximum atomic E-state index is 11.2. The molecule has 4 aromatic rings. The van der Waals surface area contributed by atoms with Gasteiger partial charge in [0.05, 0.1) is 17.6 Å². The van der Waals surface area contributed by atoms with Gasteiger partial charge in [-0.1, -0.05) is 42.0 Å². The minimum atomic E-state index is -0.0833. The Morgan fingerprint density at radius 2 is 1.89 bits per heavy atom. The number of benzene rings is 2. The van der Waals surface area contributed by atoms with Crippen molar-refractivity contribution in [3.8, 4) is 11.3 Å². The smallest absolute Gasteiger partial charge is 0.221 e. The zero-order valence-corrected chi connectivity index (χ0v) is 15.3. The van der Waals surface area contributed by atoms with E-state index in [1.165, 1.54) is 18.1 Å². The molecule has 0 atom stereocenters. The first-order valence-electron chi connectivity index (χ1n) is 8.86. The van der Waals surface area contributed by atoms with Crippen molar-refractivity contribution < 1.29 is 4.79 Å². The summed E-state index contributed by atoms with van der Waals surface area (Å²) < 4.78 is 1.87. The first kappa shape index (κ1) is 17.0. The average Bonchev–Trinajstić information content (AvgIpc) is 3.05. The predicted molar refractivity (Wildman–Crippen MR) is 107 cm³/mol. The monoisotopic (exact) mass is 356 g/mol. The predicted octanol–water partition coefficient (Wildman–Crippen LogP) is 4.25. The molecule has 0 saturated carbocycles. The largest absolute Gasteiger partial charge is 0.326 e. The number of fused-ring (bicyclic) bond motifs is 1. The summed E-state index contributed by atoms with van der Waals surface area (Å²) in [5.41, 5.74) is 6.97. The van der Waals surface area contributed by atoms with Gasteiger partial charge in [0.25, 0.3) is 0 Å². The van der Waals surface area contributed by atoms with Crippen LogP contribution in [0.5, 0.6) is 0 Å². The number of rotatable bonds is 4. The van der Waals surface area contributed by atoms with E-state index in [1.807, 2.05) is 47.1 Å². The molecule has 0 spiro atoms. The van der Waals surface area contributed by atoms with E-state index in [1.54, 1.807) is 0 Å². The molecular formula is C22H20N4O. The number of aryl methyl sites for hydroxylation is 1. The number of aromatic nitrogens is 3. The standard InChI is InChI=1S/C22H20N4O/c1-15-4-3-5-17(12-15)13-20-10-11-22-23-14-21(26(22)25-20)18-6-8-19(9-7-18)24-16(2)27/h3-12,14H,13H2,1-2H3,(H,24,27). The third-order valence-corrected chi connectivity index (χ3v) is 4.39. The highest BCUT2D eigenvalue weighted by atomic mass is 16.1. The number of carbonyl (C=O) groups excluding carboxylic acids is 1. The van der Waals surface area contributed by atoms with Crippen LogP contribution in [0.1, 0.15) is 23.7 Å². The Balaban J connectivity index is 1.66. The van der Waals surface area contributed by atoms with E-state index in [9.17, 15) is 4.79 Å². The lowest BCUT2D eigenvalue weighted by molar-refractivity contribution is -0.114. The first-order chi connectivity index (χ1) is 13.1. The molecule has 2 aromatic heterocycles. The molecule has 5 heteroatoms. The van der Waals surface area contributed by atoms with Crippen molar-refractivity contribution in [3.05, 3.63) is 83.7 Å². The highest BCUT2D eigenvalue weighted by molar-refractivity contribution is 5.88. The molecule has 0 unspecified atom stereocenters. The number of nitrogens with one attached hydrogen (secondary N) is 1. The van der Waals surface area contributed by atoms with Crippen molar-refractivity contribution in [3.63, 3.8) is 0 Å². The second-order valence-electron chi connectivity index (χ2n) is 6.66. The van der Waals surface area contributed by atoms with Gasteiger partial charge in [0.1, 0.15) is 0 Å². The summed E-state index contributed by atoms with van der Waals surface area (Å²) in [6, 6.07) is 20.2. The van der Waals surface area contributed by atoms with E-state index in [4.69, 9.17) is 5.10 Å². The zero-order chi connectivity index (χ0) is 18.8. The lowest BCUT2D eigenvalue weighted by Crippen LogP contribution is -2.05. The molecule has 2 heterocycles. The van der Waals surface area contributed by atoms with E-state index in [-0.39, 0.29) is 5.91 Å². The Kier molecular flexibility index (Phi) is 4.42. The lowest BCUT2D eigenvalue weighted by Gasteiger charge is -2.07. The summed E-state index contributed by atoms with van der Waals surface area (Å²) in [6.45, 7) is 3.59. The number of hydrogen-bond acceptors (Lipinski definition) is 3. The lowest BCUT2D eigenvalue weighted by atomic mass is 10.1. The van der Waals surface area contributed by atoms with Crippen LogP contribution < -0.4 is 5.32 Å². The molecule has 5 nitrogen and oxygen atoms in total. The molecule has 1 N–H and O–H groups in total. The number of amides is 1. The van der Waals surface area contributed by atoms with Crippen molar-refractivity contribution in [1.82, 2.24) is 14.6 Å². The molecule has 0 aliphatic heterocycles. The molecule has 0 aliphatic rings. The van der Waals surface area contributed by atoms with E-state index in [0.29, 0.717) is 0 Å². The number of nitrogens with zero attached hydrogens (tertiary/aromatic N) is 3. The Bertz CT molecular complexity index is 1110. The number of carbonyl (C=O) groups is 1. The van der Waals surface area contributed by atoms with Gasteiger partial charge in [-0.15, -0.1) is 0 Å². The molecule has 0 saturated heterocycles. The van der Waals surface area contributed by atoms with Gasteiger partial charge in [-0.2, -0.15) is 5.10 Å². The molecule has 0 aliphatic carbocycles. The highest BCUT2D eigenvalue weighted by Gasteiger charge is 2.09. The van der Waals surface area contributed by atoms with Gasteiger partial charge in [-0.3, -0.25) is 4.79 Å². The van der Waals surface area contributed by atoms with Gasteiger partial charge in [-0.05, 0) is 36.8 Å². The average molecular weight is 356 g/mol. The molecule has 0 radical (unpaired) electrons. The summed E-state index contributed by atoms with van der Waals surface area (Å²) in [7, 11) is 0. The summed E-state index contributed by atoms with van der Waals surface area (Å²) in [5, 5.41) is 7.57. The number of hydrogen-bond donors (Lipinski definition) is 1. The fourth-order valence-electron chi connectivity index (χ4n) is 3.16. The van der Waals surface area contributed by atoms with Crippen LogP contribution in [-0.4, -0.2) is 20.5 Å². The van der Waals surface area contributed by atoms with Crippen LogP contribution in [0.3, 0.4) is 0 Å². The zero-order valence-electron chi connectivity index (χ0n) is 15.3. The third-order valence-electron chi connectivity index (χ3n) is 4.39. The molecule has 0 fully saturated rings. The normalized spacial score (nSPS) is 10.9. The van der Waals surface area contributed by atoms with Gasteiger partial charge >= 0.3 is 0 Å². The topological polar surface area (TPSA) is 59.3 Å². The second kappa shape index (κ2) is 7.03. The maximum absolute atomic E-state index is 11.2. The molecule has 4 rings (SSSR count). The summed E-state index contributed by atoms with van der Waals surface area (Å²) >= 11 is 0. The Hall–Kier alpha value is -3.47. The minimum Gasteiger partial charge on any atom is -0.326 e. The van der Waals surface area contributed by atoms with E-state index in [0.717, 1.165) is 34.7 Å². The van der Waals surface area contributed by atoms with Crippen molar-refractivity contribution in [2.24, 2.45) is 0 Å². The maximum Gasteiger partial charge on any atom is 0.221 e. The quantitative estimate of drug-likeness (QED) is 0.594. The Labute approximate surface area is 157 Å². The first-order valence-corrected chi connectivity index (χ1v) is 8.86. The third kappa shape index (κ3) is 3.72. The van der Waals surface area contributed by atoms with Crippen molar-refractivity contribution >= 4 is 17.2 Å². The van der Waals surface area contributed by atoms with Gasteiger partial charge in [-0.25, -0.2) is 9.50 Å². The van der Waals surface area contributed by atoms with E-state index < -0.39 is 0 Å². The summed E-state index contributed by atoms with van der Waals surface area (Å²) in [5.74, 6) is -0.0833. The van der Waals surface area contributed by atoms with Gasteiger partial charge in [0, 0.05) is 24.6 Å². The SMILES string of the molecule is CC(=O)Nc1ccc(-c2cnc3ccc(Cc4cccc(C)c4)nn23)cc1. The van der Waals surface area contributed by atoms with Crippen molar-refractivity contribution in [2.75, 3.05) is 5.32 Å². The molecule has 134 valence electrons. The molecule has 0 bridgehead atoms. The number of imidazole rings is 1. The highest BCUT2D eigenvalue weighted by Crippen LogP contribution is 2.22. The molecular weight excluding hydrogens is 336 g/mol. The van der Waals surface area contributed by atoms with Crippen LogP contribution in [0.4, 0.5) is 5.69 Å². The second-order valence-corrected chi connectivity index (χ2v) is 6.66. The van der Waals surface area contributed by atoms with Gasteiger partial charge in [0.15, 0.2) is 5.65 Å². The van der Waals surface area contributed by atoms with Crippen LogP contribution in [0.2, 0.25) is 0 Å². The molecule has 1 amide bonds. The van der Waals surface area contributed by atoms with E-state index >= 15 is 0 Å². The van der Waals surface area contributed by atoms with Crippen molar-refractivity contribution in [1.29, 1.82) is 0 Å². The summed E-state index contributed by atoms with van der Waals surface area (Å²) in [6.07, 6.45) is 2.60. The molecule has 27 heavy (non-hydrogen) atoms. The van der Waals surface area contributed by atoms with Gasteiger partial charge < -0.3 is 5.32 Å². The molecule has 2 aromatic carbocycles. The van der Waals surface area contributed by atoms with Crippen LogP contribution in [-0.2, 0) is 11.2 Å². The minimum absolute atomic E-state index is 0.0833. The Morgan fingerprint density at radius 1 is 1.07 bits per heavy atom. The van der Waals surface area contributed by atoms with Crippen LogP contribution in [0, 0.1) is 6.92 Å².